The number of fused-ring (bicyclic) bond motifs is 3. The standard InChI is InChI=1S/C23H29ClN6O3/c1-13(27-22(32)25-4)10-30-12-23(2,3)33-11-19(30)21(31)29-17-8-14(24)7-16-15-5-6-26-9-18(15)28-20(16)17/h5-9,13,19,28H,10-12H2,1-4H3,(H,29,31)(H2,25,27,32)/t13-,19-/m0/s1. The fourth-order valence-corrected chi connectivity index (χ4v) is 4.53. The van der Waals surface area contributed by atoms with E-state index in [2.05, 4.69) is 30.8 Å². The Morgan fingerprint density at radius 3 is 2.91 bits per heavy atom. The molecule has 0 radical (unpaired) electrons. The van der Waals surface area contributed by atoms with Gasteiger partial charge in [-0.25, -0.2) is 4.79 Å². The van der Waals surface area contributed by atoms with Gasteiger partial charge in [0.05, 0.1) is 35.1 Å². The van der Waals surface area contributed by atoms with Crippen LogP contribution >= 0.6 is 11.6 Å². The summed E-state index contributed by atoms with van der Waals surface area (Å²) >= 11 is 6.39. The zero-order chi connectivity index (χ0) is 23.8. The van der Waals surface area contributed by atoms with Crippen molar-refractivity contribution in [1.29, 1.82) is 0 Å². The number of hydrogen-bond acceptors (Lipinski definition) is 5. The Morgan fingerprint density at radius 1 is 1.36 bits per heavy atom. The van der Waals surface area contributed by atoms with Crippen molar-refractivity contribution in [2.45, 2.75) is 38.5 Å². The lowest BCUT2D eigenvalue weighted by molar-refractivity contribution is -0.143. The first-order valence-electron chi connectivity index (χ1n) is 10.9. The van der Waals surface area contributed by atoms with Gasteiger partial charge in [-0.3, -0.25) is 14.7 Å². The van der Waals surface area contributed by atoms with E-state index in [1.807, 2.05) is 32.9 Å². The van der Waals surface area contributed by atoms with Crippen LogP contribution in [0.15, 0.2) is 30.6 Å². The lowest BCUT2D eigenvalue weighted by atomic mass is 10.0. The molecule has 4 N–H and O–H groups in total. The number of urea groups is 1. The maximum absolute atomic E-state index is 13.4. The van der Waals surface area contributed by atoms with Gasteiger partial charge in [-0.1, -0.05) is 11.6 Å². The molecule has 3 heterocycles. The second-order valence-electron chi connectivity index (χ2n) is 9.05. The molecule has 0 unspecified atom stereocenters. The predicted molar refractivity (Wildman–Crippen MR) is 130 cm³/mol. The molecule has 0 saturated carbocycles. The molecule has 0 spiro atoms. The minimum atomic E-state index is -0.521. The van der Waals surface area contributed by atoms with Crippen molar-refractivity contribution in [3.8, 4) is 0 Å². The quantitative estimate of drug-likeness (QED) is 0.456. The monoisotopic (exact) mass is 472 g/mol. The van der Waals surface area contributed by atoms with Crippen molar-refractivity contribution in [2.24, 2.45) is 0 Å². The van der Waals surface area contributed by atoms with Crippen LogP contribution in [0.1, 0.15) is 20.8 Å². The van der Waals surface area contributed by atoms with Gasteiger partial charge in [0.25, 0.3) is 0 Å². The number of aromatic nitrogens is 2. The number of nitrogens with zero attached hydrogens (tertiary/aromatic N) is 2. The summed E-state index contributed by atoms with van der Waals surface area (Å²) in [6.45, 7) is 7.18. The van der Waals surface area contributed by atoms with Crippen LogP contribution in [0.5, 0.6) is 0 Å². The molecule has 10 heteroatoms. The summed E-state index contributed by atoms with van der Waals surface area (Å²) in [6, 6.07) is 4.58. The molecule has 4 rings (SSSR count). The molecule has 1 aromatic carbocycles. The van der Waals surface area contributed by atoms with E-state index >= 15 is 0 Å². The lowest BCUT2D eigenvalue weighted by Gasteiger charge is -2.43. The number of carbonyl (C=O) groups excluding carboxylic acids is 2. The second kappa shape index (κ2) is 9.17. The fraction of sp³-hybridized carbons (Fsp3) is 0.435. The summed E-state index contributed by atoms with van der Waals surface area (Å²) in [6.07, 6.45) is 3.47. The van der Waals surface area contributed by atoms with E-state index in [0.717, 1.165) is 21.8 Å². The van der Waals surface area contributed by atoms with Gasteiger partial charge in [-0.05, 0) is 39.0 Å². The molecule has 2 aromatic heterocycles. The van der Waals surface area contributed by atoms with Crippen molar-refractivity contribution in [3.63, 3.8) is 0 Å². The molecular formula is C23H29ClN6O3. The number of benzene rings is 1. The van der Waals surface area contributed by atoms with Gasteiger partial charge in [-0.15, -0.1) is 0 Å². The first-order valence-corrected chi connectivity index (χ1v) is 11.3. The van der Waals surface area contributed by atoms with Gasteiger partial charge < -0.3 is 25.7 Å². The molecule has 176 valence electrons. The second-order valence-corrected chi connectivity index (χ2v) is 9.49. The maximum atomic E-state index is 13.4. The highest BCUT2D eigenvalue weighted by atomic mass is 35.5. The van der Waals surface area contributed by atoms with E-state index in [4.69, 9.17) is 16.3 Å². The van der Waals surface area contributed by atoms with Crippen LogP contribution in [-0.4, -0.2) is 71.2 Å². The molecule has 0 aliphatic carbocycles. The summed E-state index contributed by atoms with van der Waals surface area (Å²) < 4.78 is 5.97. The number of ether oxygens (including phenoxy) is 1. The molecule has 2 atom stereocenters. The number of anilines is 1. The highest BCUT2D eigenvalue weighted by molar-refractivity contribution is 6.33. The number of hydrogen-bond donors (Lipinski definition) is 4. The number of nitrogens with one attached hydrogen (secondary N) is 4. The molecule has 1 fully saturated rings. The fourth-order valence-electron chi connectivity index (χ4n) is 4.31. The van der Waals surface area contributed by atoms with Crippen molar-refractivity contribution >= 4 is 51.0 Å². The minimum Gasteiger partial charge on any atom is -0.372 e. The third-order valence-corrected chi connectivity index (χ3v) is 6.02. The zero-order valence-electron chi connectivity index (χ0n) is 19.2. The molecule has 0 bridgehead atoms. The Labute approximate surface area is 197 Å². The molecule has 3 amide bonds. The number of rotatable bonds is 5. The first kappa shape index (κ1) is 23.3. The van der Waals surface area contributed by atoms with Crippen LogP contribution in [-0.2, 0) is 9.53 Å². The van der Waals surface area contributed by atoms with Crippen LogP contribution in [0, 0.1) is 0 Å². The van der Waals surface area contributed by atoms with E-state index in [1.54, 1.807) is 25.5 Å². The van der Waals surface area contributed by atoms with Gasteiger partial charge in [0.1, 0.15) is 6.04 Å². The van der Waals surface area contributed by atoms with Gasteiger partial charge in [0.2, 0.25) is 5.91 Å². The van der Waals surface area contributed by atoms with Gasteiger partial charge >= 0.3 is 6.03 Å². The van der Waals surface area contributed by atoms with Crippen LogP contribution in [0.4, 0.5) is 10.5 Å². The van der Waals surface area contributed by atoms with Crippen LogP contribution in [0.2, 0.25) is 5.02 Å². The Morgan fingerprint density at radius 2 is 2.15 bits per heavy atom. The summed E-state index contributed by atoms with van der Waals surface area (Å²) in [5.41, 5.74) is 1.84. The number of H-pyrrole nitrogens is 1. The molecule has 3 aromatic rings. The summed E-state index contributed by atoms with van der Waals surface area (Å²) in [4.78, 5) is 34.7. The Bertz CT molecular complexity index is 1190. The van der Waals surface area contributed by atoms with Gasteiger partial charge in [0.15, 0.2) is 0 Å². The van der Waals surface area contributed by atoms with Crippen molar-refractivity contribution in [2.75, 3.05) is 32.1 Å². The lowest BCUT2D eigenvalue weighted by Crippen LogP contribution is -2.60. The van der Waals surface area contributed by atoms with Crippen molar-refractivity contribution in [3.05, 3.63) is 35.6 Å². The highest BCUT2D eigenvalue weighted by Gasteiger charge is 2.38. The Kier molecular flexibility index (Phi) is 6.47. The number of morpholine rings is 1. The molecule has 1 aliphatic rings. The number of halogens is 1. The van der Waals surface area contributed by atoms with Crippen molar-refractivity contribution < 1.29 is 14.3 Å². The predicted octanol–water partition coefficient (Wildman–Crippen LogP) is 3.10. The highest BCUT2D eigenvalue weighted by Crippen LogP contribution is 2.33. The van der Waals surface area contributed by atoms with E-state index in [-0.39, 0.29) is 24.6 Å². The van der Waals surface area contributed by atoms with Crippen LogP contribution in [0.3, 0.4) is 0 Å². The van der Waals surface area contributed by atoms with E-state index < -0.39 is 11.6 Å². The van der Waals surface area contributed by atoms with Gasteiger partial charge in [-0.2, -0.15) is 0 Å². The number of carbonyl (C=O) groups is 2. The average molecular weight is 473 g/mol. The van der Waals surface area contributed by atoms with E-state index in [1.165, 1.54) is 0 Å². The van der Waals surface area contributed by atoms with Crippen molar-refractivity contribution in [1.82, 2.24) is 25.5 Å². The normalized spacial score (nSPS) is 19.4. The molecule has 9 nitrogen and oxygen atoms in total. The number of amides is 3. The minimum absolute atomic E-state index is 0.159. The molecule has 33 heavy (non-hydrogen) atoms. The summed E-state index contributed by atoms with van der Waals surface area (Å²) in [5.74, 6) is -0.196. The summed E-state index contributed by atoms with van der Waals surface area (Å²) in [7, 11) is 1.57. The topological polar surface area (TPSA) is 111 Å². The summed E-state index contributed by atoms with van der Waals surface area (Å²) in [5, 5.41) is 10.9. The number of pyridine rings is 1. The first-order chi connectivity index (χ1) is 15.7. The largest absolute Gasteiger partial charge is 0.372 e. The van der Waals surface area contributed by atoms with E-state index in [9.17, 15) is 9.59 Å². The van der Waals surface area contributed by atoms with E-state index in [0.29, 0.717) is 23.8 Å². The Balaban J connectivity index is 1.59. The average Bonchev–Trinajstić information content (AvgIpc) is 3.11. The zero-order valence-corrected chi connectivity index (χ0v) is 19.9. The third-order valence-electron chi connectivity index (χ3n) is 5.80. The Hall–Kier alpha value is -2.88. The smallest absolute Gasteiger partial charge is 0.314 e. The SMILES string of the molecule is CNC(=O)N[C@@H](C)CN1CC(C)(C)OC[C@H]1C(=O)Nc1cc(Cl)cc2c1[nH]c1cnccc12. The molecular weight excluding hydrogens is 444 g/mol. The van der Waals surface area contributed by atoms with Crippen LogP contribution in [0.25, 0.3) is 21.8 Å². The molecule has 1 aliphatic heterocycles. The maximum Gasteiger partial charge on any atom is 0.314 e. The number of aromatic amines is 1. The third kappa shape index (κ3) is 5.05. The van der Waals surface area contributed by atoms with Gasteiger partial charge in [0, 0.05) is 48.2 Å². The molecule has 1 saturated heterocycles. The van der Waals surface area contributed by atoms with Crippen LogP contribution < -0.4 is 16.0 Å².